The maximum atomic E-state index is 12.9. The highest BCUT2D eigenvalue weighted by Gasteiger charge is 2.41. The highest BCUT2D eigenvalue weighted by molar-refractivity contribution is 5.47. The molecule has 1 fully saturated rings. The fourth-order valence-electron chi connectivity index (χ4n) is 5.04. The van der Waals surface area contributed by atoms with Crippen LogP contribution in [0.2, 0.25) is 0 Å². The Labute approximate surface area is 175 Å². The number of fused-ring (bicyclic) bond motifs is 4. The molecule has 0 amide bonds. The zero-order valence-electron chi connectivity index (χ0n) is 16.9. The van der Waals surface area contributed by atoms with Crippen LogP contribution in [0.5, 0.6) is 5.88 Å². The molecule has 2 aliphatic rings. The molecule has 0 spiro atoms. The number of hydrogen-bond acceptors (Lipinski definition) is 6. The van der Waals surface area contributed by atoms with E-state index < -0.39 is 0 Å². The van der Waals surface area contributed by atoms with Gasteiger partial charge in [0.05, 0.1) is 7.11 Å². The molecule has 1 saturated heterocycles. The van der Waals surface area contributed by atoms with E-state index in [9.17, 15) is 4.79 Å². The van der Waals surface area contributed by atoms with Crippen molar-refractivity contribution in [2.75, 3.05) is 30.8 Å². The average molecular weight is 403 g/mol. The van der Waals surface area contributed by atoms with Crippen molar-refractivity contribution in [3.8, 4) is 5.88 Å². The number of aromatic nitrogens is 3. The number of anilines is 2. The smallest absolute Gasteiger partial charge is 0.251 e. The predicted octanol–water partition coefficient (Wildman–Crippen LogP) is 2.64. The molecule has 4 heterocycles. The molecule has 1 aromatic carbocycles. The summed E-state index contributed by atoms with van der Waals surface area (Å²) in [5.41, 5.74) is 8.35. The first-order valence-corrected chi connectivity index (χ1v) is 10.3. The number of nitrogens with two attached hydrogens (primary N) is 1. The summed E-state index contributed by atoms with van der Waals surface area (Å²) in [6.07, 6.45) is 1.90. The highest BCUT2D eigenvalue weighted by Crippen LogP contribution is 2.43. The van der Waals surface area contributed by atoms with Gasteiger partial charge in [-0.05, 0) is 30.4 Å². The zero-order chi connectivity index (χ0) is 20.7. The van der Waals surface area contributed by atoms with Crippen LogP contribution < -0.4 is 20.9 Å². The molecule has 0 radical (unpaired) electrons. The van der Waals surface area contributed by atoms with E-state index in [1.807, 2.05) is 22.8 Å². The Hall–Kier alpha value is -3.35. The van der Waals surface area contributed by atoms with Crippen LogP contribution in [0.25, 0.3) is 0 Å². The molecule has 5 rings (SSSR count). The normalized spacial score (nSPS) is 22.4. The number of methoxy groups -OCH3 is 1. The molecule has 0 saturated carbocycles. The van der Waals surface area contributed by atoms with Gasteiger partial charge in [-0.1, -0.05) is 36.4 Å². The van der Waals surface area contributed by atoms with Gasteiger partial charge >= 0.3 is 0 Å². The molecule has 7 heteroatoms. The summed E-state index contributed by atoms with van der Waals surface area (Å²) in [7, 11) is 1.58. The molecule has 2 N–H and O–H groups in total. The summed E-state index contributed by atoms with van der Waals surface area (Å²) >= 11 is 0. The first kappa shape index (κ1) is 18.7. The van der Waals surface area contributed by atoms with Crippen molar-refractivity contribution in [3.63, 3.8) is 0 Å². The SMILES string of the molecule is COc1cc(N2C[C@H]3C[C@@H](C2)[C@H](Cc2ccccc2)n2c3cccc2=O)nc(N)n1. The molecule has 2 aliphatic heterocycles. The van der Waals surface area contributed by atoms with Gasteiger partial charge in [-0.25, -0.2) is 0 Å². The number of nitrogen functional groups attached to an aromatic ring is 1. The topological polar surface area (TPSA) is 86.3 Å². The summed E-state index contributed by atoms with van der Waals surface area (Å²) in [6.45, 7) is 1.60. The second kappa shape index (κ2) is 7.48. The van der Waals surface area contributed by atoms with Crippen LogP contribution in [0.1, 0.15) is 29.6 Å². The van der Waals surface area contributed by atoms with Crippen molar-refractivity contribution in [3.05, 3.63) is 76.2 Å². The van der Waals surface area contributed by atoms with E-state index in [1.165, 1.54) is 5.56 Å². The summed E-state index contributed by atoms with van der Waals surface area (Å²) in [6, 6.07) is 18.0. The number of rotatable bonds is 4. The van der Waals surface area contributed by atoms with E-state index in [0.717, 1.165) is 37.4 Å². The molecule has 7 nitrogen and oxygen atoms in total. The number of ether oxygens (including phenoxy) is 1. The lowest BCUT2D eigenvalue weighted by atomic mass is 9.76. The van der Waals surface area contributed by atoms with Gasteiger partial charge in [-0.15, -0.1) is 0 Å². The van der Waals surface area contributed by atoms with Crippen LogP contribution in [0, 0.1) is 5.92 Å². The standard InChI is InChI=1S/C23H25N5O2/c1-30-21-12-20(25-23(24)26-21)27-13-16-11-17(14-27)19(10-15-6-3-2-4-7-15)28-18(16)8-5-9-22(28)29/h2-9,12,16-17,19H,10-11,13-14H2,1H3,(H2,24,25,26)/t16-,17+,19+/m1/s1. The molecular formula is C23H25N5O2. The Morgan fingerprint density at radius 1 is 1.10 bits per heavy atom. The van der Waals surface area contributed by atoms with E-state index in [-0.39, 0.29) is 23.5 Å². The van der Waals surface area contributed by atoms with E-state index in [4.69, 9.17) is 10.5 Å². The van der Waals surface area contributed by atoms with E-state index in [2.05, 4.69) is 45.2 Å². The number of benzene rings is 1. The molecule has 2 bridgehead atoms. The molecule has 3 atom stereocenters. The van der Waals surface area contributed by atoms with Crippen LogP contribution in [-0.2, 0) is 6.42 Å². The van der Waals surface area contributed by atoms with Gasteiger partial charge in [0.2, 0.25) is 11.8 Å². The van der Waals surface area contributed by atoms with Crippen LogP contribution in [0.4, 0.5) is 11.8 Å². The number of piperidine rings is 1. The summed E-state index contributed by atoms with van der Waals surface area (Å²) in [5, 5.41) is 0. The van der Waals surface area contributed by atoms with Crippen molar-refractivity contribution in [1.29, 1.82) is 0 Å². The first-order valence-electron chi connectivity index (χ1n) is 10.3. The molecule has 3 aromatic rings. The predicted molar refractivity (Wildman–Crippen MR) is 116 cm³/mol. The van der Waals surface area contributed by atoms with E-state index in [1.54, 1.807) is 13.2 Å². The summed E-state index contributed by atoms with van der Waals surface area (Å²) in [4.78, 5) is 23.7. The van der Waals surface area contributed by atoms with Crippen LogP contribution >= 0.6 is 0 Å². The monoisotopic (exact) mass is 403 g/mol. The lowest BCUT2D eigenvalue weighted by Gasteiger charge is -2.47. The summed E-state index contributed by atoms with van der Waals surface area (Å²) in [5.74, 6) is 2.05. The van der Waals surface area contributed by atoms with Crippen molar-refractivity contribution in [1.82, 2.24) is 14.5 Å². The Balaban J connectivity index is 1.55. The van der Waals surface area contributed by atoms with Crippen LogP contribution in [0.15, 0.2) is 59.4 Å². The zero-order valence-corrected chi connectivity index (χ0v) is 16.9. The second-order valence-electron chi connectivity index (χ2n) is 8.14. The highest BCUT2D eigenvalue weighted by atomic mass is 16.5. The number of pyridine rings is 1. The van der Waals surface area contributed by atoms with Crippen molar-refractivity contribution in [2.24, 2.45) is 5.92 Å². The number of hydrogen-bond donors (Lipinski definition) is 1. The molecule has 0 aliphatic carbocycles. The van der Waals surface area contributed by atoms with E-state index in [0.29, 0.717) is 11.8 Å². The molecule has 2 aromatic heterocycles. The third kappa shape index (κ3) is 3.30. The van der Waals surface area contributed by atoms with Gasteiger partial charge < -0.3 is 19.9 Å². The van der Waals surface area contributed by atoms with Gasteiger partial charge in [-0.2, -0.15) is 9.97 Å². The molecular weight excluding hydrogens is 378 g/mol. The van der Waals surface area contributed by atoms with Gasteiger partial charge in [0, 0.05) is 42.9 Å². The van der Waals surface area contributed by atoms with Crippen molar-refractivity contribution in [2.45, 2.75) is 24.8 Å². The Morgan fingerprint density at radius 3 is 2.73 bits per heavy atom. The fraction of sp³-hybridized carbons (Fsp3) is 0.348. The molecule has 154 valence electrons. The Bertz CT molecular complexity index is 1110. The average Bonchev–Trinajstić information content (AvgIpc) is 2.77. The quantitative estimate of drug-likeness (QED) is 0.721. The van der Waals surface area contributed by atoms with Crippen LogP contribution in [-0.4, -0.2) is 34.7 Å². The van der Waals surface area contributed by atoms with E-state index >= 15 is 0 Å². The summed E-state index contributed by atoms with van der Waals surface area (Å²) < 4.78 is 7.33. The lowest BCUT2D eigenvalue weighted by molar-refractivity contribution is 0.211. The minimum absolute atomic E-state index is 0.0875. The van der Waals surface area contributed by atoms with Gasteiger partial charge in [0.1, 0.15) is 5.82 Å². The van der Waals surface area contributed by atoms with Crippen LogP contribution in [0.3, 0.4) is 0 Å². The van der Waals surface area contributed by atoms with Gasteiger partial charge in [-0.3, -0.25) is 4.79 Å². The lowest BCUT2D eigenvalue weighted by Crippen LogP contribution is -2.50. The largest absolute Gasteiger partial charge is 0.481 e. The minimum Gasteiger partial charge on any atom is -0.481 e. The maximum Gasteiger partial charge on any atom is 0.251 e. The first-order chi connectivity index (χ1) is 14.6. The van der Waals surface area contributed by atoms with Crippen molar-refractivity contribution < 1.29 is 4.74 Å². The Morgan fingerprint density at radius 2 is 1.93 bits per heavy atom. The third-order valence-corrected chi connectivity index (χ3v) is 6.33. The minimum atomic E-state index is 0.0875. The second-order valence-corrected chi connectivity index (χ2v) is 8.14. The van der Waals surface area contributed by atoms with Gasteiger partial charge in [0.25, 0.3) is 5.56 Å². The fourth-order valence-corrected chi connectivity index (χ4v) is 5.04. The molecule has 30 heavy (non-hydrogen) atoms. The maximum absolute atomic E-state index is 12.9. The van der Waals surface area contributed by atoms with Crippen molar-refractivity contribution >= 4 is 11.8 Å². The Kier molecular flexibility index (Phi) is 4.65. The van der Waals surface area contributed by atoms with Gasteiger partial charge in [0.15, 0.2) is 0 Å². The number of nitrogens with zero attached hydrogens (tertiary/aromatic N) is 4. The third-order valence-electron chi connectivity index (χ3n) is 6.33. The molecule has 0 unspecified atom stereocenters.